The molecule has 0 heterocycles. The van der Waals surface area contributed by atoms with Crippen LogP contribution in [0.3, 0.4) is 0 Å². The largest absolute Gasteiger partial charge is 0.382 e. The van der Waals surface area contributed by atoms with Gasteiger partial charge in [-0.1, -0.05) is 28.9 Å². The Labute approximate surface area is 131 Å². The molecule has 0 bridgehead atoms. The van der Waals surface area contributed by atoms with Crippen molar-refractivity contribution in [3.63, 3.8) is 0 Å². The molecule has 2 rings (SSSR count). The zero-order chi connectivity index (χ0) is 15.4. The Hall–Kier alpha value is -2.08. The minimum atomic E-state index is -0.376. The van der Waals surface area contributed by atoms with E-state index in [-0.39, 0.29) is 10.6 Å². The molecule has 2 N–H and O–H groups in total. The number of hydrogen-bond acceptors (Lipinski definition) is 4. The topological polar surface area (TPSA) is 67.2 Å². The molecule has 0 atom stereocenters. The van der Waals surface area contributed by atoms with Gasteiger partial charge in [0.15, 0.2) is 0 Å². The third-order valence-electron chi connectivity index (χ3n) is 3.21. The summed E-state index contributed by atoms with van der Waals surface area (Å²) in [6, 6.07) is 11.0. The highest BCUT2D eigenvalue weighted by atomic mass is 79.9. The number of nitro benzene ring substituents is 1. The van der Waals surface area contributed by atoms with E-state index in [9.17, 15) is 10.1 Å². The van der Waals surface area contributed by atoms with Crippen LogP contribution in [0.5, 0.6) is 0 Å². The molecule has 0 aliphatic rings. The summed E-state index contributed by atoms with van der Waals surface area (Å²) in [6.07, 6.45) is 0.835. The number of halogens is 1. The summed E-state index contributed by atoms with van der Waals surface area (Å²) in [5.74, 6) is 0. The number of nitrogens with one attached hydrogen (secondary N) is 2. The number of para-hydroxylation sites is 1. The zero-order valence-electron chi connectivity index (χ0n) is 11.8. The second kappa shape index (κ2) is 6.58. The molecule has 0 fully saturated rings. The highest BCUT2D eigenvalue weighted by Gasteiger charge is 2.19. The molecular formula is C15H16BrN3O2. The number of nitrogens with zero attached hydrogens (tertiary/aromatic N) is 1. The van der Waals surface area contributed by atoms with E-state index < -0.39 is 0 Å². The number of aryl methyl sites for hydroxylation is 1. The molecule has 2 aromatic rings. The quantitative estimate of drug-likeness (QED) is 0.606. The summed E-state index contributed by atoms with van der Waals surface area (Å²) in [5, 5.41) is 17.3. The lowest BCUT2D eigenvalue weighted by Crippen LogP contribution is -2.02. The molecule has 0 spiro atoms. The highest BCUT2D eigenvalue weighted by molar-refractivity contribution is 9.10. The fourth-order valence-corrected chi connectivity index (χ4v) is 2.57. The first kappa shape index (κ1) is 15.3. The molecule has 21 heavy (non-hydrogen) atoms. The van der Waals surface area contributed by atoms with Crippen LogP contribution in [0.4, 0.5) is 22.7 Å². The number of nitro groups is 1. The lowest BCUT2D eigenvalue weighted by atomic mass is 10.1. The second-order valence-corrected chi connectivity index (χ2v) is 5.40. The van der Waals surface area contributed by atoms with E-state index in [0.29, 0.717) is 11.4 Å². The van der Waals surface area contributed by atoms with Gasteiger partial charge >= 0.3 is 5.69 Å². The van der Waals surface area contributed by atoms with E-state index in [1.807, 2.05) is 25.1 Å². The molecule has 0 aliphatic heterocycles. The minimum Gasteiger partial charge on any atom is -0.382 e. The van der Waals surface area contributed by atoms with Gasteiger partial charge in [0.25, 0.3) is 0 Å². The molecule has 0 radical (unpaired) electrons. The van der Waals surface area contributed by atoms with Crippen LogP contribution in [0.25, 0.3) is 0 Å². The molecule has 2 aromatic carbocycles. The van der Waals surface area contributed by atoms with Crippen LogP contribution in [-0.2, 0) is 6.42 Å². The van der Waals surface area contributed by atoms with Gasteiger partial charge in [-0.3, -0.25) is 10.1 Å². The van der Waals surface area contributed by atoms with E-state index in [1.54, 1.807) is 25.2 Å². The van der Waals surface area contributed by atoms with Gasteiger partial charge in [-0.05, 0) is 42.3 Å². The number of benzene rings is 2. The van der Waals surface area contributed by atoms with E-state index in [1.165, 1.54) is 0 Å². The fraction of sp³-hybridized carbons (Fsp3) is 0.200. The molecule has 0 saturated carbocycles. The van der Waals surface area contributed by atoms with Gasteiger partial charge in [0.2, 0.25) is 0 Å². The molecule has 0 unspecified atom stereocenters. The van der Waals surface area contributed by atoms with Gasteiger partial charge < -0.3 is 10.6 Å². The SMILES string of the molecule is CCc1cc(Br)ccc1Nc1cccc(NC)c1[N+](=O)[O-]. The van der Waals surface area contributed by atoms with Crippen LogP contribution in [0.15, 0.2) is 40.9 Å². The van der Waals surface area contributed by atoms with Gasteiger partial charge in [-0.25, -0.2) is 0 Å². The Balaban J connectivity index is 2.47. The summed E-state index contributed by atoms with van der Waals surface area (Å²) in [7, 11) is 1.67. The van der Waals surface area contributed by atoms with Crippen molar-refractivity contribution < 1.29 is 4.92 Å². The van der Waals surface area contributed by atoms with E-state index in [2.05, 4.69) is 26.6 Å². The molecule has 5 nitrogen and oxygen atoms in total. The summed E-state index contributed by atoms with van der Waals surface area (Å²) in [4.78, 5) is 10.9. The Morgan fingerprint density at radius 1 is 1.19 bits per heavy atom. The molecular weight excluding hydrogens is 334 g/mol. The number of anilines is 3. The van der Waals surface area contributed by atoms with E-state index >= 15 is 0 Å². The van der Waals surface area contributed by atoms with Crippen molar-refractivity contribution in [2.75, 3.05) is 17.7 Å². The fourth-order valence-electron chi connectivity index (χ4n) is 2.16. The second-order valence-electron chi connectivity index (χ2n) is 4.49. The Morgan fingerprint density at radius 3 is 2.52 bits per heavy atom. The predicted molar refractivity (Wildman–Crippen MR) is 89.4 cm³/mol. The predicted octanol–water partition coefficient (Wildman–Crippen LogP) is 4.71. The lowest BCUT2D eigenvalue weighted by molar-refractivity contribution is -0.383. The molecule has 0 amide bonds. The zero-order valence-corrected chi connectivity index (χ0v) is 13.4. The first-order valence-electron chi connectivity index (χ1n) is 6.57. The molecule has 6 heteroatoms. The molecule has 0 aliphatic carbocycles. The van der Waals surface area contributed by atoms with Crippen LogP contribution in [0.1, 0.15) is 12.5 Å². The average molecular weight is 350 g/mol. The number of hydrogen-bond donors (Lipinski definition) is 2. The van der Waals surface area contributed by atoms with Gasteiger partial charge in [0.1, 0.15) is 11.4 Å². The highest BCUT2D eigenvalue weighted by Crippen LogP contribution is 2.35. The van der Waals surface area contributed by atoms with Crippen molar-refractivity contribution in [3.05, 3.63) is 56.5 Å². The normalized spacial score (nSPS) is 10.2. The van der Waals surface area contributed by atoms with Crippen LogP contribution < -0.4 is 10.6 Å². The van der Waals surface area contributed by atoms with E-state index in [4.69, 9.17) is 0 Å². The monoisotopic (exact) mass is 349 g/mol. The van der Waals surface area contributed by atoms with Gasteiger partial charge in [-0.2, -0.15) is 0 Å². The van der Waals surface area contributed by atoms with Crippen LogP contribution in [0.2, 0.25) is 0 Å². The molecule has 0 saturated heterocycles. The molecule has 0 aromatic heterocycles. The van der Waals surface area contributed by atoms with Crippen LogP contribution in [-0.4, -0.2) is 12.0 Å². The number of rotatable bonds is 5. The Morgan fingerprint density at radius 2 is 1.90 bits per heavy atom. The lowest BCUT2D eigenvalue weighted by Gasteiger charge is -2.13. The maximum Gasteiger partial charge on any atom is 0.315 e. The summed E-state index contributed by atoms with van der Waals surface area (Å²) < 4.78 is 0.989. The Kier molecular flexibility index (Phi) is 4.80. The van der Waals surface area contributed by atoms with Gasteiger partial charge in [-0.15, -0.1) is 0 Å². The maximum absolute atomic E-state index is 11.3. The van der Waals surface area contributed by atoms with Crippen molar-refractivity contribution in [1.29, 1.82) is 0 Å². The van der Waals surface area contributed by atoms with Gasteiger partial charge in [0.05, 0.1) is 4.92 Å². The van der Waals surface area contributed by atoms with Crippen LogP contribution in [0, 0.1) is 10.1 Å². The first-order chi connectivity index (χ1) is 10.1. The third-order valence-corrected chi connectivity index (χ3v) is 3.70. The smallest absolute Gasteiger partial charge is 0.315 e. The average Bonchev–Trinajstić information content (AvgIpc) is 2.48. The summed E-state index contributed by atoms with van der Waals surface area (Å²) >= 11 is 3.44. The van der Waals surface area contributed by atoms with Crippen molar-refractivity contribution in [2.45, 2.75) is 13.3 Å². The summed E-state index contributed by atoms with van der Waals surface area (Å²) in [5.41, 5.74) is 2.97. The Bertz CT molecular complexity index is 674. The van der Waals surface area contributed by atoms with Crippen molar-refractivity contribution in [2.24, 2.45) is 0 Å². The van der Waals surface area contributed by atoms with Crippen molar-refractivity contribution in [3.8, 4) is 0 Å². The van der Waals surface area contributed by atoms with Gasteiger partial charge in [0, 0.05) is 17.2 Å². The standard InChI is InChI=1S/C15H16BrN3O2/c1-3-10-9-11(16)7-8-12(10)18-14-6-4-5-13(17-2)15(14)19(20)21/h4-9,17-18H,3H2,1-2H3. The summed E-state index contributed by atoms with van der Waals surface area (Å²) in [6.45, 7) is 2.05. The molecule has 110 valence electrons. The van der Waals surface area contributed by atoms with Crippen molar-refractivity contribution in [1.82, 2.24) is 0 Å². The minimum absolute atomic E-state index is 0.0463. The first-order valence-corrected chi connectivity index (χ1v) is 7.36. The third kappa shape index (κ3) is 3.33. The van der Waals surface area contributed by atoms with Crippen molar-refractivity contribution >= 4 is 38.7 Å². The van der Waals surface area contributed by atoms with Crippen LogP contribution >= 0.6 is 15.9 Å². The van der Waals surface area contributed by atoms with E-state index in [0.717, 1.165) is 22.1 Å². The maximum atomic E-state index is 11.3.